The summed E-state index contributed by atoms with van der Waals surface area (Å²) in [6, 6.07) is 1.65. The van der Waals surface area contributed by atoms with Crippen LogP contribution in [0.5, 0.6) is 0 Å². The SMILES string of the molecule is CC(C)c1cc(NC(=O)NCCCN2CCNC(=O)C2)n(C)n1. The van der Waals surface area contributed by atoms with E-state index < -0.39 is 0 Å². The molecule has 1 fully saturated rings. The van der Waals surface area contributed by atoms with Gasteiger partial charge in [0.15, 0.2) is 0 Å². The van der Waals surface area contributed by atoms with Gasteiger partial charge in [-0.25, -0.2) is 4.79 Å². The minimum Gasteiger partial charge on any atom is -0.354 e. The van der Waals surface area contributed by atoms with E-state index in [1.54, 1.807) is 4.68 Å². The fourth-order valence-corrected chi connectivity index (χ4v) is 2.44. The fourth-order valence-electron chi connectivity index (χ4n) is 2.44. The van der Waals surface area contributed by atoms with Crippen LogP contribution in [0, 0.1) is 0 Å². The molecule has 0 bridgehead atoms. The standard InChI is InChI=1S/C15H26N6O2/c1-11(2)12-9-13(20(3)19-12)18-15(23)17-5-4-7-21-8-6-16-14(22)10-21/h9,11H,4-8,10H2,1-3H3,(H,16,22)(H2,17,18,23). The maximum atomic E-state index is 11.9. The first-order valence-corrected chi connectivity index (χ1v) is 8.03. The largest absolute Gasteiger partial charge is 0.354 e. The number of amides is 3. The van der Waals surface area contributed by atoms with E-state index in [4.69, 9.17) is 0 Å². The molecule has 23 heavy (non-hydrogen) atoms. The first-order chi connectivity index (χ1) is 11.0. The van der Waals surface area contributed by atoms with Gasteiger partial charge in [-0.15, -0.1) is 0 Å². The molecule has 128 valence electrons. The van der Waals surface area contributed by atoms with Gasteiger partial charge in [-0.1, -0.05) is 13.8 Å². The predicted octanol–water partition coefficient (Wildman–Crippen LogP) is 0.487. The highest BCUT2D eigenvalue weighted by Crippen LogP contribution is 2.16. The number of nitrogens with zero attached hydrogens (tertiary/aromatic N) is 3. The Kier molecular flexibility index (Phi) is 5.97. The van der Waals surface area contributed by atoms with Gasteiger partial charge >= 0.3 is 6.03 Å². The molecule has 0 spiro atoms. The lowest BCUT2D eigenvalue weighted by atomic mass is 10.1. The Morgan fingerprint density at radius 1 is 1.48 bits per heavy atom. The number of aryl methyl sites for hydroxylation is 1. The number of hydrogen-bond acceptors (Lipinski definition) is 4. The second-order valence-corrected chi connectivity index (χ2v) is 6.09. The summed E-state index contributed by atoms with van der Waals surface area (Å²) in [5.74, 6) is 1.07. The summed E-state index contributed by atoms with van der Waals surface area (Å²) in [5.41, 5.74) is 0.950. The van der Waals surface area contributed by atoms with Crippen molar-refractivity contribution in [1.82, 2.24) is 25.3 Å². The van der Waals surface area contributed by atoms with Crippen molar-refractivity contribution in [3.63, 3.8) is 0 Å². The van der Waals surface area contributed by atoms with Crippen LogP contribution in [0.2, 0.25) is 0 Å². The second kappa shape index (κ2) is 7.96. The minimum absolute atomic E-state index is 0.0686. The Bertz CT molecular complexity index is 554. The number of carbonyl (C=O) groups is 2. The summed E-state index contributed by atoms with van der Waals surface area (Å²) in [4.78, 5) is 25.3. The molecule has 8 heteroatoms. The highest BCUT2D eigenvalue weighted by Gasteiger charge is 2.15. The lowest BCUT2D eigenvalue weighted by Crippen LogP contribution is -2.48. The van der Waals surface area contributed by atoms with Crippen molar-refractivity contribution in [2.75, 3.05) is 38.0 Å². The van der Waals surface area contributed by atoms with Gasteiger partial charge in [0.25, 0.3) is 0 Å². The molecule has 2 rings (SSSR count). The topological polar surface area (TPSA) is 91.3 Å². The Morgan fingerprint density at radius 3 is 2.91 bits per heavy atom. The Hall–Kier alpha value is -2.09. The number of nitrogens with one attached hydrogen (secondary N) is 3. The first-order valence-electron chi connectivity index (χ1n) is 8.03. The molecule has 8 nitrogen and oxygen atoms in total. The molecule has 3 N–H and O–H groups in total. The first kappa shape index (κ1) is 17.3. The average molecular weight is 322 g/mol. The van der Waals surface area contributed by atoms with Gasteiger partial charge in [0.05, 0.1) is 12.2 Å². The normalized spacial score (nSPS) is 15.6. The number of carbonyl (C=O) groups excluding carboxylic acids is 2. The number of anilines is 1. The minimum atomic E-state index is -0.236. The molecule has 1 aliphatic heterocycles. The van der Waals surface area contributed by atoms with Crippen LogP contribution >= 0.6 is 0 Å². The molecule has 0 radical (unpaired) electrons. The smallest absolute Gasteiger partial charge is 0.320 e. The van der Waals surface area contributed by atoms with E-state index >= 15 is 0 Å². The van der Waals surface area contributed by atoms with E-state index in [0.717, 1.165) is 25.2 Å². The van der Waals surface area contributed by atoms with E-state index in [1.165, 1.54) is 0 Å². The quantitative estimate of drug-likeness (QED) is 0.665. The van der Waals surface area contributed by atoms with Crippen LogP contribution in [0.1, 0.15) is 31.9 Å². The van der Waals surface area contributed by atoms with Crippen molar-refractivity contribution < 1.29 is 9.59 Å². The van der Waals surface area contributed by atoms with E-state index in [1.807, 2.05) is 13.1 Å². The zero-order chi connectivity index (χ0) is 16.8. The molecule has 1 saturated heterocycles. The van der Waals surface area contributed by atoms with Gasteiger partial charge in [0.1, 0.15) is 5.82 Å². The van der Waals surface area contributed by atoms with Crippen LogP contribution in [0.15, 0.2) is 6.07 Å². The Balaban J connectivity index is 1.68. The molecular weight excluding hydrogens is 296 g/mol. The third-order valence-electron chi connectivity index (χ3n) is 3.79. The van der Waals surface area contributed by atoms with Crippen LogP contribution in [-0.4, -0.2) is 59.3 Å². The summed E-state index contributed by atoms with van der Waals surface area (Å²) >= 11 is 0. The molecule has 1 aliphatic rings. The summed E-state index contributed by atoms with van der Waals surface area (Å²) < 4.78 is 1.67. The van der Waals surface area contributed by atoms with Crippen LogP contribution in [0.4, 0.5) is 10.6 Å². The van der Waals surface area contributed by atoms with Gasteiger partial charge in [0, 0.05) is 39.3 Å². The van der Waals surface area contributed by atoms with Gasteiger partial charge < -0.3 is 10.6 Å². The highest BCUT2D eigenvalue weighted by molar-refractivity contribution is 5.88. The van der Waals surface area contributed by atoms with Crippen molar-refractivity contribution in [3.05, 3.63) is 11.8 Å². The van der Waals surface area contributed by atoms with Crippen LogP contribution in [0.25, 0.3) is 0 Å². The third kappa shape index (κ3) is 5.24. The number of piperazine rings is 1. The number of aromatic nitrogens is 2. The van der Waals surface area contributed by atoms with Crippen LogP contribution < -0.4 is 16.0 Å². The molecule has 3 amide bonds. The molecule has 1 aromatic rings. The van der Waals surface area contributed by atoms with Crippen molar-refractivity contribution in [2.45, 2.75) is 26.2 Å². The molecule has 2 heterocycles. The lowest BCUT2D eigenvalue weighted by molar-refractivity contribution is -0.124. The summed E-state index contributed by atoms with van der Waals surface area (Å²) in [7, 11) is 1.81. The third-order valence-corrected chi connectivity index (χ3v) is 3.79. The van der Waals surface area contributed by atoms with Gasteiger partial charge in [-0.05, 0) is 12.3 Å². The Labute approximate surface area is 136 Å². The average Bonchev–Trinajstić information content (AvgIpc) is 2.85. The van der Waals surface area contributed by atoms with Crippen molar-refractivity contribution >= 4 is 17.8 Å². The van der Waals surface area contributed by atoms with Crippen molar-refractivity contribution in [2.24, 2.45) is 7.05 Å². The summed E-state index contributed by atoms with van der Waals surface area (Å²) in [6.07, 6.45) is 0.809. The Morgan fingerprint density at radius 2 is 2.26 bits per heavy atom. The van der Waals surface area contributed by atoms with E-state index in [-0.39, 0.29) is 11.9 Å². The molecule has 0 saturated carbocycles. The maximum absolute atomic E-state index is 11.9. The molecule has 0 unspecified atom stereocenters. The summed E-state index contributed by atoms with van der Waals surface area (Å²) in [6.45, 7) is 7.51. The fraction of sp³-hybridized carbons (Fsp3) is 0.667. The van der Waals surface area contributed by atoms with Crippen molar-refractivity contribution in [3.8, 4) is 0 Å². The van der Waals surface area contributed by atoms with Gasteiger partial charge in [-0.3, -0.25) is 19.7 Å². The van der Waals surface area contributed by atoms with Crippen LogP contribution in [-0.2, 0) is 11.8 Å². The molecule has 0 aliphatic carbocycles. The van der Waals surface area contributed by atoms with E-state index in [9.17, 15) is 9.59 Å². The lowest BCUT2D eigenvalue weighted by Gasteiger charge is -2.26. The molecule has 1 aromatic heterocycles. The zero-order valence-electron chi connectivity index (χ0n) is 14.1. The highest BCUT2D eigenvalue weighted by atomic mass is 16.2. The number of rotatable bonds is 6. The second-order valence-electron chi connectivity index (χ2n) is 6.09. The molecular formula is C15H26N6O2. The van der Waals surface area contributed by atoms with Crippen LogP contribution in [0.3, 0.4) is 0 Å². The van der Waals surface area contributed by atoms with E-state index in [2.05, 4.69) is 39.8 Å². The number of urea groups is 1. The number of hydrogen-bond donors (Lipinski definition) is 3. The van der Waals surface area contributed by atoms with Gasteiger partial charge in [0.2, 0.25) is 5.91 Å². The predicted molar refractivity (Wildman–Crippen MR) is 88.4 cm³/mol. The van der Waals surface area contributed by atoms with Gasteiger partial charge in [-0.2, -0.15) is 5.10 Å². The monoisotopic (exact) mass is 322 g/mol. The zero-order valence-corrected chi connectivity index (χ0v) is 14.1. The maximum Gasteiger partial charge on any atom is 0.320 e. The molecule has 0 atom stereocenters. The molecule has 0 aromatic carbocycles. The van der Waals surface area contributed by atoms with Crippen molar-refractivity contribution in [1.29, 1.82) is 0 Å². The summed E-state index contributed by atoms with van der Waals surface area (Å²) in [5, 5.41) is 12.8. The van der Waals surface area contributed by atoms with E-state index in [0.29, 0.717) is 31.4 Å².